The molecule has 4 nitrogen and oxygen atoms in total. The Balaban J connectivity index is 0.000000132. The summed E-state index contributed by atoms with van der Waals surface area (Å²) in [5.74, 6) is 0. The van der Waals surface area contributed by atoms with Crippen LogP contribution >= 0.6 is 0 Å². The molecule has 0 atom stereocenters. The third kappa shape index (κ3) is 9.34. The highest BCUT2D eigenvalue weighted by molar-refractivity contribution is 6.26. The molecule has 0 aliphatic rings. The van der Waals surface area contributed by atoms with Crippen LogP contribution in [0.25, 0.3) is 208 Å². The second-order valence-corrected chi connectivity index (χ2v) is 28.3. The molecule has 0 saturated carbocycles. The summed E-state index contributed by atoms with van der Waals surface area (Å²) in [6, 6.07) is 143. The van der Waals surface area contributed by atoms with Gasteiger partial charge in [0.25, 0.3) is 0 Å². The molecule has 4 heterocycles. The van der Waals surface area contributed by atoms with Crippen LogP contribution in [0.5, 0.6) is 0 Å². The average Bonchev–Trinajstić information content (AvgIpc) is 1.69. The van der Waals surface area contributed by atoms with E-state index in [0.29, 0.717) is 0 Å². The Kier molecular flexibility index (Phi) is 13.4. The third-order valence-electron chi connectivity index (χ3n) is 22.5. The van der Waals surface area contributed by atoms with Crippen molar-refractivity contribution in [1.82, 2.24) is 18.3 Å². The summed E-state index contributed by atoms with van der Waals surface area (Å²) in [6.07, 6.45) is 0. The molecule has 0 fully saturated rings. The molecule has 0 spiro atoms. The Morgan fingerprint density at radius 2 is 0.406 bits per heavy atom. The van der Waals surface area contributed by atoms with Gasteiger partial charge in [0.15, 0.2) is 0 Å². The molecule has 4 aromatic heterocycles. The molecular weight excluding hydrogens is 1280 g/mol. The molecule has 23 aromatic rings. The molecule has 492 valence electrons. The van der Waals surface area contributed by atoms with Crippen molar-refractivity contribution in [2.45, 2.75) is 0 Å². The summed E-state index contributed by atoms with van der Waals surface area (Å²) in [4.78, 5) is 0. The molecule has 0 aliphatic heterocycles. The number of nitrogens with zero attached hydrogens (tertiary/aromatic N) is 4. The highest BCUT2D eigenvalue weighted by Gasteiger charge is 2.22. The zero-order valence-electron chi connectivity index (χ0n) is 57.7. The zero-order chi connectivity index (χ0) is 69.5. The summed E-state index contributed by atoms with van der Waals surface area (Å²) in [5, 5.41) is 25.3. The van der Waals surface area contributed by atoms with E-state index in [-0.39, 0.29) is 0 Å². The van der Waals surface area contributed by atoms with E-state index in [9.17, 15) is 0 Å². The van der Waals surface area contributed by atoms with Crippen molar-refractivity contribution in [3.8, 4) is 56.1 Å². The van der Waals surface area contributed by atoms with Gasteiger partial charge >= 0.3 is 0 Å². The first-order valence-electron chi connectivity index (χ1n) is 36.6. The van der Waals surface area contributed by atoms with Gasteiger partial charge in [0.05, 0.1) is 49.8 Å². The first-order chi connectivity index (χ1) is 52.6. The number of hydrogen-bond donors (Lipinski definition) is 0. The van der Waals surface area contributed by atoms with Gasteiger partial charge in [0.1, 0.15) is 0 Å². The number of fused-ring (bicyclic) bond motifs is 21. The van der Waals surface area contributed by atoms with Gasteiger partial charge in [-0.3, -0.25) is 0 Å². The van der Waals surface area contributed by atoms with E-state index in [4.69, 9.17) is 0 Å². The average molecular weight is 1350 g/mol. The zero-order valence-corrected chi connectivity index (χ0v) is 57.7. The molecule has 4 heteroatoms. The standard InChI is InChI=1S/C52H32N2.C50H32N2/c1-2-12-34-29-37(24-21-33(34)11-1)53-49-19-9-7-17-44(49)47-30-35(22-27-51(47)53)36-23-28-52-48(31-36)45-18-8-10-20-50(45)54(52)38-25-26-43-41-15-4-3-13-39(41)40-14-5-6-16-42(40)46(43)32-38;1-3-13-35-29-39(22-21-33(35)11-1)41-15-5-8-18-46(41)52-48-20-10-7-17-43(48)45-32-38(25-28-50(45)52)37-24-27-49-44(31-37)42-16-6-9-19-47(42)51(49)40-26-23-34-12-2-4-14-36(34)30-40/h1-32H;1-32H. The van der Waals surface area contributed by atoms with Gasteiger partial charge < -0.3 is 18.3 Å². The van der Waals surface area contributed by atoms with Gasteiger partial charge in [-0.2, -0.15) is 0 Å². The van der Waals surface area contributed by atoms with Crippen LogP contribution in [0.15, 0.2) is 388 Å². The van der Waals surface area contributed by atoms with Crippen molar-refractivity contribution in [3.05, 3.63) is 388 Å². The van der Waals surface area contributed by atoms with Crippen LogP contribution < -0.4 is 0 Å². The Labute approximate surface area is 610 Å². The molecule has 23 rings (SSSR count). The molecule has 19 aromatic carbocycles. The Morgan fingerprint density at radius 1 is 0.132 bits per heavy atom. The molecule has 0 aliphatic carbocycles. The topological polar surface area (TPSA) is 19.7 Å². The SMILES string of the molecule is c1ccc(-n2c3ccccc3c3cc(-c4ccc5c(c4)c4ccccc4n5-c4ccc5ccccc5c4)ccc32)c(-c2ccc3ccccc3c2)c1.c1ccc2cc(-n3c4ccccc4c4cc(-c5ccc6c(c5)c5ccccc5n6-c5ccc6c7ccccc7c7ccccc7c6c5)ccc43)ccc2c1. The fourth-order valence-corrected chi connectivity index (χ4v) is 17.6. The lowest BCUT2D eigenvalue weighted by atomic mass is 9.94. The normalized spacial score (nSPS) is 12.0. The molecule has 0 radical (unpaired) electrons. The van der Waals surface area contributed by atoms with E-state index in [2.05, 4.69) is 407 Å². The second kappa shape index (κ2) is 23.8. The minimum Gasteiger partial charge on any atom is -0.309 e. The van der Waals surface area contributed by atoms with Crippen LogP contribution in [0, 0.1) is 0 Å². The van der Waals surface area contributed by atoms with Gasteiger partial charge in [-0.1, -0.05) is 267 Å². The maximum Gasteiger partial charge on any atom is 0.0541 e. The maximum atomic E-state index is 2.44. The van der Waals surface area contributed by atoms with E-state index < -0.39 is 0 Å². The summed E-state index contributed by atoms with van der Waals surface area (Å²) in [7, 11) is 0. The van der Waals surface area contributed by atoms with Gasteiger partial charge in [0, 0.05) is 65.7 Å². The summed E-state index contributed by atoms with van der Waals surface area (Å²) >= 11 is 0. The van der Waals surface area contributed by atoms with E-state index in [1.54, 1.807) is 0 Å². The van der Waals surface area contributed by atoms with Crippen LogP contribution in [0.3, 0.4) is 0 Å². The van der Waals surface area contributed by atoms with Crippen molar-refractivity contribution in [2.75, 3.05) is 0 Å². The second-order valence-electron chi connectivity index (χ2n) is 28.3. The third-order valence-corrected chi connectivity index (χ3v) is 22.5. The molecule has 0 amide bonds. The van der Waals surface area contributed by atoms with Crippen molar-refractivity contribution < 1.29 is 0 Å². The number of para-hydroxylation sites is 5. The van der Waals surface area contributed by atoms with Gasteiger partial charge in [-0.15, -0.1) is 0 Å². The Hall–Kier alpha value is -14.1. The van der Waals surface area contributed by atoms with E-state index in [1.165, 1.54) is 208 Å². The first-order valence-corrected chi connectivity index (χ1v) is 36.6. The first kappa shape index (κ1) is 59.6. The fourth-order valence-electron chi connectivity index (χ4n) is 17.6. The molecule has 0 bridgehead atoms. The summed E-state index contributed by atoms with van der Waals surface area (Å²) in [6.45, 7) is 0. The summed E-state index contributed by atoms with van der Waals surface area (Å²) in [5.41, 5.74) is 21.7. The lowest BCUT2D eigenvalue weighted by molar-refractivity contribution is 1.18. The van der Waals surface area contributed by atoms with Crippen LogP contribution in [0.4, 0.5) is 0 Å². The lowest BCUT2D eigenvalue weighted by Crippen LogP contribution is -1.97. The van der Waals surface area contributed by atoms with Gasteiger partial charge in [-0.05, 0) is 214 Å². The highest BCUT2D eigenvalue weighted by atomic mass is 15.0. The van der Waals surface area contributed by atoms with Crippen LogP contribution in [0.2, 0.25) is 0 Å². The number of hydrogen-bond acceptors (Lipinski definition) is 0. The number of benzene rings is 19. The monoisotopic (exact) mass is 1340 g/mol. The van der Waals surface area contributed by atoms with Crippen molar-refractivity contribution in [2.24, 2.45) is 0 Å². The largest absolute Gasteiger partial charge is 0.309 e. The summed E-state index contributed by atoms with van der Waals surface area (Å²) < 4.78 is 9.70. The smallest absolute Gasteiger partial charge is 0.0541 e. The Bertz CT molecular complexity index is 7570. The predicted molar refractivity (Wildman–Crippen MR) is 452 cm³/mol. The number of aromatic nitrogens is 4. The quantitative estimate of drug-likeness (QED) is 0.142. The fraction of sp³-hybridized carbons (Fsp3) is 0. The van der Waals surface area contributed by atoms with E-state index in [0.717, 1.165) is 0 Å². The number of rotatable bonds is 7. The van der Waals surface area contributed by atoms with Crippen molar-refractivity contribution in [1.29, 1.82) is 0 Å². The van der Waals surface area contributed by atoms with Crippen LogP contribution in [-0.4, -0.2) is 18.3 Å². The molecule has 0 N–H and O–H groups in total. The minimum atomic E-state index is 1.17. The van der Waals surface area contributed by atoms with Crippen LogP contribution in [0.1, 0.15) is 0 Å². The van der Waals surface area contributed by atoms with E-state index in [1.807, 2.05) is 0 Å². The maximum absolute atomic E-state index is 2.44. The molecule has 0 saturated heterocycles. The Morgan fingerprint density at radius 3 is 0.830 bits per heavy atom. The van der Waals surface area contributed by atoms with Crippen LogP contribution in [-0.2, 0) is 0 Å². The predicted octanol–water partition coefficient (Wildman–Crippen LogP) is 27.7. The van der Waals surface area contributed by atoms with Gasteiger partial charge in [0.2, 0.25) is 0 Å². The molecular formula is C102H64N4. The van der Waals surface area contributed by atoms with Gasteiger partial charge in [-0.25, -0.2) is 0 Å². The molecule has 106 heavy (non-hydrogen) atoms. The van der Waals surface area contributed by atoms with E-state index >= 15 is 0 Å². The minimum absolute atomic E-state index is 1.17. The van der Waals surface area contributed by atoms with Crippen molar-refractivity contribution >= 4 is 152 Å². The lowest BCUT2D eigenvalue weighted by Gasteiger charge is -2.15. The van der Waals surface area contributed by atoms with Crippen molar-refractivity contribution in [3.63, 3.8) is 0 Å². The highest BCUT2D eigenvalue weighted by Crippen LogP contribution is 2.45. The molecule has 0 unspecified atom stereocenters.